The summed E-state index contributed by atoms with van der Waals surface area (Å²) < 4.78 is 26.5. The number of benzene rings is 1. The predicted molar refractivity (Wildman–Crippen MR) is 90.9 cm³/mol. The van der Waals surface area contributed by atoms with E-state index in [1.807, 2.05) is 30.3 Å². The van der Waals surface area contributed by atoms with E-state index in [1.54, 1.807) is 0 Å². The third-order valence-corrected chi connectivity index (χ3v) is 4.52. The van der Waals surface area contributed by atoms with Gasteiger partial charge >= 0.3 is 0 Å². The number of rotatable bonds is 6. The van der Waals surface area contributed by atoms with Crippen molar-refractivity contribution in [3.8, 4) is 0 Å². The van der Waals surface area contributed by atoms with Crippen LogP contribution in [0.1, 0.15) is 5.56 Å². The van der Waals surface area contributed by atoms with E-state index in [0.717, 1.165) is 38.3 Å². The average molecular weight is 356 g/mol. The molecule has 1 aliphatic heterocycles. The lowest BCUT2D eigenvalue weighted by Gasteiger charge is -2.27. The minimum absolute atomic E-state index is 0. The van der Waals surface area contributed by atoms with E-state index in [2.05, 4.69) is 14.9 Å². The summed E-state index contributed by atoms with van der Waals surface area (Å²) in [5.74, 6) is 0.0510. The van der Waals surface area contributed by atoms with Crippen molar-refractivity contribution in [3.05, 3.63) is 35.9 Å². The van der Waals surface area contributed by atoms with E-state index >= 15 is 0 Å². The lowest BCUT2D eigenvalue weighted by atomic mass is 10.2. The smallest absolute Gasteiger partial charge is 0.215 e. The molecule has 122 valence electrons. The van der Waals surface area contributed by atoms with Crippen LogP contribution in [0.4, 0.5) is 0 Å². The van der Waals surface area contributed by atoms with Crippen LogP contribution < -0.4 is 10.0 Å². The highest BCUT2D eigenvalue weighted by molar-refractivity contribution is 7.88. The van der Waals surface area contributed by atoms with Crippen LogP contribution in [0.15, 0.2) is 30.3 Å². The van der Waals surface area contributed by atoms with E-state index in [9.17, 15) is 8.42 Å². The first kappa shape index (κ1) is 20.6. The van der Waals surface area contributed by atoms with E-state index in [0.29, 0.717) is 6.54 Å². The van der Waals surface area contributed by atoms with Gasteiger partial charge in [0.25, 0.3) is 0 Å². The zero-order valence-corrected chi connectivity index (χ0v) is 14.3. The third kappa shape index (κ3) is 7.99. The summed E-state index contributed by atoms with van der Waals surface area (Å²) in [6.45, 7) is 5.19. The molecule has 0 spiro atoms. The number of hydrogen-bond donors (Lipinski definition) is 2. The molecule has 0 aliphatic carbocycles. The molecule has 8 heteroatoms. The van der Waals surface area contributed by atoms with Crippen LogP contribution in [0.5, 0.6) is 0 Å². The Morgan fingerprint density at radius 2 is 1.71 bits per heavy atom. The van der Waals surface area contributed by atoms with Gasteiger partial charge in [0.2, 0.25) is 10.0 Å². The number of sulfonamides is 1. The van der Waals surface area contributed by atoms with Crippen LogP contribution in [0.25, 0.3) is 0 Å². The van der Waals surface area contributed by atoms with Gasteiger partial charge in [-0.15, -0.1) is 24.8 Å². The molecule has 0 radical (unpaired) electrons. The SMILES string of the molecule is Cl.Cl.O=S(=O)(Cc1ccccc1)NCCN1CCNCC1. The predicted octanol–water partition coefficient (Wildman–Crippen LogP) is 0.855. The van der Waals surface area contributed by atoms with Crippen LogP contribution in [-0.4, -0.2) is 52.6 Å². The highest BCUT2D eigenvalue weighted by atomic mass is 35.5. The van der Waals surface area contributed by atoms with E-state index < -0.39 is 10.0 Å². The maximum Gasteiger partial charge on any atom is 0.215 e. The highest BCUT2D eigenvalue weighted by Crippen LogP contribution is 2.03. The van der Waals surface area contributed by atoms with Crippen molar-refractivity contribution in [3.63, 3.8) is 0 Å². The highest BCUT2D eigenvalue weighted by Gasteiger charge is 2.13. The molecule has 0 atom stereocenters. The Labute approximate surface area is 139 Å². The van der Waals surface area contributed by atoms with Crippen molar-refractivity contribution in [2.45, 2.75) is 5.75 Å². The molecule has 2 N–H and O–H groups in total. The van der Waals surface area contributed by atoms with Crippen LogP contribution >= 0.6 is 24.8 Å². The standard InChI is InChI=1S/C13H21N3O2S.2ClH/c17-19(18,12-13-4-2-1-3-5-13)15-8-11-16-9-6-14-7-10-16;;/h1-5,14-15H,6-12H2;2*1H. The fourth-order valence-electron chi connectivity index (χ4n) is 2.14. The monoisotopic (exact) mass is 355 g/mol. The first-order valence-electron chi connectivity index (χ1n) is 6.60. The van der Waals surface area contributed by atoms with E-state index in [4.69, 9.17) is 0 Å². The molecular weight excluding hydrogens is 333 g/mol. The van der Waals surface area contributed by atoms with Crippen molar-refractivity contribution in [1.29, 1.82) is 0 Å². The Bertz CT molecular complexity index is 479. The van der Waals surface area contributed by atoms with Crippen molar-refractivity contribution in [2.75, 3.05) is 39.3 Å². The molecule has 21 heavy (non-hydrogen) atoms. The molecule has 0 unspecified atom stereocenters. The van der Waals surface area contributed by atoms with Crippen molar-refractivity contribution in [1.82, 2.24) is 14.9 Å². The van der Waals surface area contributed by atoms with Gasteiger partial charge in [-0.25, -0.2) is 13.1 Å². The second-order valence-electron chi connectivity index (χ2n) is 4.73. The molecule has 1 aliphatic rings. The van der Waals surface area contributed by atoms with Crippen molar-refractivity contribution >= 4 is 34.8 Å². The number of nitrogens with zero attached hydrogens (tertiary/aromatic N) is 1. The molecule has 0 amide bonds. The minimum atomic E-state index is -3.23. The van der Waals surface area contributed by atoms with Crippen LogP contribution in [-0.2, 0) is 15.8 Å². The number of piperazine rings is 1. The molecule has 1 heterocycles. The minimum Gasteiger partial charge on any atom is -0.314 e. The zero-order valence-electron chi connectivity index (χ0n) is 11.8. The third-order valence-electron chi connectivity index (χ3n) is 3.16. The van der Waals surface area contributed by atoms with E-state index in [-0.39, 0.29) is 30.6 Å². The van der Waals surface area contributed by atoms with Gasteiger partial charge in [0.15, 0.2) is 0 Å². The number of halogens is 2. The van der Waals surface area contributed by atoms with Crippen molar-refractivity contribution in [2.24, 2.45) is 0 Å². The lowest BCUT2D eigenvalue weighted by molar-refractivity contribution is 0.245. The maximum absolute atomic E-state index is 11.9. The summed E-state index contributed by atoms with van der Waals surface area (Å²) in [7, 11) is -3.23. The first-order chi connectivity index (χ1) is 9.16. The summed E-state index contributed by atoms with van der Waals surface area (Å²) in [5, 5.41) is 3.27. The Kier molecular flexibility index (Phi) is 10.2. The average Bonchev–Trinajstić information content (AvgIpc) is 2.40. The van der Waals surface area contributed by atoms with Gasteiger partial charge in [0.05, 0.1) is 5.75 Å². The summed E-state index contributed by atoms with van der Waals surface area (Å²) in [6.07, 6.45) is 0. The fraction of sp³-hybridized carbons (Fsp3) is 0.538. The second-order valence-corrected chi connectivity index (χ2v) is 6.54. The zero-order chi connectivity index (χ0) is 13.6. The summed E-state index contributed by atoms with van der Waals surface area (Å²) >= 11 is 0. The Balaban J connectivity index is 0.00000200. The van der Waals surface area contributed by atoms with Gasteiger partial charge < -0.3 is 5.32 Å². The van der Waals surface area contributed by atoms with Crippen LogP contribution in [0, 0.1) is 0 Å². The summed E-state index contributed by atoms with van der Waals surface area (Å²) in [6, 6.07) is 9.25. The van der Waals surface area contributed by atoms with Crippen molar-refractivity contribution < 1.29 is 8.42 Å². The molecule has 1 saturated heterocycles. The molecule has 0 bridgehead atoms. The molecule has 1 aromatic rings. The molecule has 2 rings (SSSR count). The Morgan fingerprint density at radius 1 is 1.10 bits per heavy atom. The molecular formula is C13H23Cl2N3O2S. The molecule has 0 aromatic heterocycles. The van der Waals surface area contributed by atoms with Gasteiger partial charge in [-0.3, -0.25) is 4.90 Å². The normalized spacial score (nSPS) is 15.8. The summed E-state index contributed by atoms with van der Waals surface area (Å²) in [5.41, 5.74) is 0.817. The maximum atomic E-state index is 11.9. The van der Waals surface area contributed by atoms with Gasteiger partial charge in [-0.2, -0.15) is 0 Å². The largest absolute Gasteiger partial charge is 0.314 e. The molecule has 1 aromatic carbocycles. The number of nitrogens with one attached hydrogen (secondary N) is 2. The molecule has 1 fully saturated rings. The quantitative estimate of drug-likeness (QED) is 0.794. The second kappa shape index (κ2) is 10.4. The Morgan fingerprint density at radius 3 is 2.33 bits per heavy atom. The van der Waals surface area contributed by atoms with Gasteiger partial charge in [-0.1, -0.05) is 30.3 Å². The van der Waals surface area contributed by atoms with Crippen LogP contribution in [0.2, 0.25) is 0 Å². The van der Waals surface area contributed by atoms with Gasteiger partial charge in [0, 0.05) is 39.3 Å². The number of hydrogen-bond acceptors (Lipinski definition) is 4. The topological polar surface area (TPSA) is 61.4 Å². The summed E-state index contributed by atoms with van der Waals surface area (Å²) in [4.78, 5) is 2.27. The molecule has 0 saturated carbocycles. The first-order valence-corrected chi connectivity index (χ1v) is 8.25. The van der Waals surface area contributed by atoms with Gasteiger partial charge in [0.1, 0.15) is 0 Å². The van der Waals surface area contributed by atoms with Crippen LogP contribution in [0.3, 0.4) is 0 Å². The fourth-order valence-corrected chi connectivity index (χ4v) is 3.27. The van der Waals surface area contributed by atoms with Gasteiger partial charge in [-0.05, 0) is 5.56 Å². The van der Waals surface area contributed by atoms with E-state index in [1.165, 1.54) is 0 Å². The lowest BCUT2D eigenvalue weighted by Crippen LogP contribution is -2.46. The Hall–Kier alpha value is -0.370. The molecule has 5 nitrogen and oxygen atoms in total.